The third-order valence-corrected chi connectivity index (χ3v) is 5.77. The Morgan fingerprint density at radius 1 is 1.48 bits per heavy atom. The summed E-state index contributed by atoms with van der Waals surface area (Å²) in [6, 6.07) is 4.54. The molecule has 1 aromatic carbocycles. The van der Waals surface area contributed by atoms with Gasteiger partial charge in [0.1, 0.15) is 0 Å². The smallest absolute Gasteiger partial charge is 0.270 e. The molecule has 0 saturated carbocycles. The third-order valence-electron chi connectivity index (χ3n) is 2.87. The van der Waals surface area contributed by atoms with Crippen molar-refractivity contribution in [1.82, 2.24) is 9.97 Å². The van der Waals surface area contributed by atoms with Crippen molar-refractivity contribution in [3.8, 4) is 0 Å². The van der Waals surface area contributed by atoms with E-state index in [1.165, 1.54) is 46.6 Å². The number of carbonyl (C=O) groups is 1. The summed E-state index contributed by atoms with van der Waals surface area (Å²) in [5.74, 6) is -0.157. The number of thiazole rings is 2. The number of nitro groups is 1. The maximum atomic E-state index is 12.1. The first-order chi connectivity index (χ1) is 11.0. The molecule has 2 aromatic heterocycles. The summed E-state index contributed by atoms with van der Waals surface area (Å²) in [4.78, 5) is 30.9. The molecule has 0 radical (unpaired) electrons. The molecule has 1 N–H and O–H groups in total. The maximum absolute atomic E-state index is 12.1. The summed E-state index contributed by atoms with van der Waals surface area (Å²) in [6.45, 7) is 1.78. The van der Waals surface area contributed by atoms with Gasteiger partial charge >= 0.3 is 0 Å². The second kappa shape index (κ2) is 6.60. The molecule has 1 atom stereocenters. The summed E-state index contributed by atoms with van der Waals surface area (Å²) in [5.41, 5.74) is 0.725. The molecule has 1 amide bonds. The molecular weight excluding hydrogens is 356 g/mol. The molecule has 23 heavy (non-hydrogen) atoms. The van der Waals surface area contributed by atoms with Crippen LogP contribution in [-0.2, 0) is 4.79 Å². The Kier molecular flexibility index (Phi) is 4.55. The number of carbonyl (C=O) groups excluding carboxylic acids is 1. The molecule has 7 nitrogen and oxygen atoms in total. The number of anilines is 1. The van der Waals surface area contributed by atoms with Gasteiger partial charge in [-0.2, -0.15) is 0 Å². The number of nitrogens with one attached hydrogen (secondary N) is 1. The molecule has 0 spiro atoms. The van der Waals surface area contributed by atoms with Gasteiger partial charge in [0, 0.05) is 23.7 Å². The number of rotatable bonds is 5. The van der Waals surface area contributed by atoms with E-state index < -0.39 is 4.92 Å². The van der Waals surface area contributed by atoms with Gasteiger partial charge in [-0.25, -0.2) is 9.97 Å². The Balaban J connectivity index is 1.73. The van der Waals surface area contributed by atoms with Gasteiger partial charge in [0.05, 0.1) is 20.4 Å². The Labute approximate surface area is 142 Å². The highest BCUT2D eigenvalue weighted by atomic mass is 32.2. The third kappa shape index (κ3) is 3.66. The number of aromatic nitrogens is 2. The summed E-state index contributed by atoms with van der Waals surface area (Å²) < 4.78 is 1.43. The lowest BCUT2D eigenvalue weighted by atomic mass is 10.3. The quantitative estimate of drug-likeness (QED) is 0.419. The van der Waals surface area contributed by atoms with Crippen LogP contribution in [0.4, 0.5) is 10.8 Å². The van der Waals surface area contributed by atoms with Gasteiger partial charge in [-0.15, -0.1) is 22.7 Å². The van der Waals surface area contributed by atoms with Crippen LogP contribution in [0, 0.1) is 10.1 Å². The fourth-order valence-electron chi connectivity index (χ4n) is 1.75. The van der Waals surface area contributed by atoms with Crippen LogP contribution >= 0.6 is 34.4 Å². The average molecular weight is 366 g/mol. The maximum Gasteiger partial charge on any atom is 0.270 e. The van der Waals surface area contributed by atoms with Gasteiger partial charge in [0.25, 0.3) is 5.69 Å². The lowest BCUT2D eigenvalue weighted by molar-refractivity contribution is -0.384. The highest BCUT2D eigenvalue weighted by Crippen LogP contribution is 2.34. The zero-order valence-corrected chi connectivity index (χ0v) is 14.2. The minimum Gasteiger partial charge on any atom is -0.301 e. The summed E-state index contributed by atoms with van der Waals surface area (Å²) in [6.07, 6.45) is 1.62. The predicted molar refractivity (Wildman–Crippen MR) is 92.3 cm³/mol. The van der Waals surface area contributed by atoms with E-state index in [9.17, 15) is 14.9 Å². The molecular formula is C13H10N4O3S3. The van der Waals surface area contributed by atoms with Crippen LogP contribution in [0.25, 0.3) is 10.2 Å². The lowest BCUT2D eigenvalue weighted by Crippen LogP contribution is -2.22. The fourth-order valence-corrected chi connectivity index (χ4v) is 4.53. The van der Waals surface area contributed by atoms with Gasteiger partial charge < -0.3 is 5.32 Å². The van der Waals surface area contributed by atoms with E-state index in [2.05, 4.69) is 15.3 Å². The van der Waals surface area contributed by atoms with Crippen LogP contribution in [0.1, 0.15) is 6.92 Å². The molecule has 0 bridgehead atoms. The van der Waals surface area contributed by atoms with E-state index in [0.29, 0.717) is 15.0 Å². The van der Waals surface area contributed by atoms with Crippen molar-refractivity contribution in [3.05, 3.63) is 39.9 Å². The van der Waals surface area contributed by atoms with Gasteiger partial charge in [-0.05, 0) is 13.0 Å². The van der Waals surface area contributed by atoms with E-state index in [1.807, 2.05) is 0 Å². The number of nitro benzene ring substituents is 1. The van der Waals surface area contributed by atoms with E-state index in [4.69, 9.17) is 0 Å². The normalized spacial score (nSPS) is 12.2. The molecule has 2 heterocycles. The Morgan fingerprint density at radius 2 is 2.30 bits per heavy atom. The van der Waals surface area contributed by atoms with Gasteiger partial charge in [0.2, 0.25) is 5.91 Å². The minimum absolute atomic E-state index is 0.0345. The minimum atomic E-state index is -0.434. The summed E-state index contributed by atoms with van der Waals surface area (Å²) in [7, 11) is 0. The topological polar surface area (TPSA) is 98.0 Å². The number of hydrogen-bond acceptors (Lipinski definition) is 8. The van der Waals surface area contributed by atoms with Crippen molar-refractivity contribution >= 4 is 61.4 Å². The number of non-ortho nitro benzene ring substituents is 1. The monoisotopic (exact) mass is 366 g/mol. The molecule has 3 rings (SSSR count). The van der Waals surface area contributed by atoms with Crippen molar-refractivity contribution < 1.29 is 9.72 Å². The Bertz CT molecular complexity index is 863. The van der Waals surface area contributed by atoms with Crippen molar-refractivity contribution in [2.45, 2.75) is 16.5 Å². The van der Waals surface area contributed by atoms with Crippen molar-refractivity contribution in [2.24, 2.45) is 0 Å². The van der Waals surface area contributed by atoms with Crippen LogP contribution in [0.15, 0.2) is 34.1 Å². The number of benzene rings is 1. The molecule has 3 aromatic rings. The Morgan fingerprint density at radius 3 is 3.00 bits per heavy atom. The van der Waals surface area contributed by atoms with Gasteiger partial charge in [-0.1, -0.05) is 11.8 Å². The molecule has 10 heteroatoms. The van der Waals surface area contributed by atoms with Crippen LogP contribution in [0.3, 0.4) is 0 Å². The van der Waals surface area contributed by atoms with E-state index in [1.54, 1.807) is 24.6 Å². The molecule has 0 fully saturated rings. The molecule has 0 unspecified atom stereocenters. The zero-order chi connectivity index (χ0) is 16.4. The second-order valence-electron chi connectivity index (χ2n) is 4.48. The highest BCUT2D eigenvalue weighted by molar-refractivity contribution is 8.02. The molecule has 0 aliphatic carbocycles. The zero-order valence-electron chi connectivity index (χ0n) is 11.8. The van der Waals surface area contributed by atoms with Gasteiger partial charge in [0.15, 0.2) is 9.47 Å². The van der Waals surface area contributed by atoms with Crippen molar-refractivity contribution in [3.63, 3.8) is 0 Å². The molecule has 0 aliphatic rings. The summed E-state index contributed by atoms with van der Waals surface area (Å²) >= 11 is 4.01. The average Bonchev–Trinajstić information content (AvgIpc) is 3.14. The van der Waals surface area contributed by atoms with Crippen molar-refractivity contribution in [1.29, 1.82) is 0 Å². The predicted octanol–water partition coefficient (Wildman–Crippen LogP) is 3.78. The fraction of sp³-hybridized carbons (Fsp3) is 0.154. The SMILES string of the molecule is C[C@@H](Sc1nc2ccc([N+](=O)[O-])cc2s1)C(=O)Nc1nccs1. The van der Waals surface area contributed by atoms with E-state index in [0.717, 1.165) is 4.70 Å². The largest absolute Gasteiger partial charge is 0.301 e. The molecule has 118 valence electrons. The summed E-state index contributed by atoms with van der Waals surface area (Å²) in [5, 5.41) is 15.5. The van der Waals surface area contributed by atoms with Crippen LogP contribution < -0.4 is 5.32 Å². The van der Waals surface area contributed by atoms with Gasteiger partial charge in [-0.3, -0.25) is 14.9 Å². The van der Waals surface area contributed by atoms with Crippen LogP contribution in [0.2, 0.25) is 0 Å². The van der Waals surface area contributed by atoms with Crippen molar-refractivity contribution in [2.75, 3.05) is 5.32 Å². The first-order valence-electron chi connectivity index (χ1n) is 6.45. The highest BCUT2D eigenvalue weighted by Gasteiger charge is 2.18. The lowest BCUT2D eigenvalue weighted by Gasteiger charge is -2.07. The Hall–Kier alpha value is -2.04. The number of hydrogen-bond donors (Lipinski definition) is 1. The van der Waals surface area contributed by atoms with E-state index >= 15 is 0 Å². The number of nitrogens with zero attached hydrogens (tertiary/aromatic N) is 3. The first-order valence-corrected chi connectivity index (χ1v) is 9.02. The molecule has 0 aliphatic heterocycles. The number of amides is 1. The molecule has 0 saturated heterocycles. The number of fused-ring (bicyclic) bond motifs is 1. The van der Waals surface area contributed by atoms with Crippen LogP contribution in [-0.4, -0.2) is 26.0 Å². The van der Waals surface area contributed by atoms with E-state index in [-0.39, 0.29) is 16.8 Å². The second-order valence-corrected chi connectivity index (χ2v) is 7.99. The van der Waals surface area contributed by atoms with Crippen LogP contribution in [0.5, 0.6) is 0 Å². The first kappa shape index (κ1) is 15.8. The standard InChI is InChI=1S/C13H10N4O3S3/c1-7(11(18)16-12-14-4-5-21-12)22-13-15-9-3-2-8(17(19)20)6-10(9)23-13/h2-7H,1H3,(H,14,16,18)/t7-/m1/s1. The number of thioether (sulfide) groups is 1.